The molecule has 6 nitrogen and oxygen atoms in total. The molecule has 6 heteroatoms. The molecular weight excluding hydrogens is 224 g/mol. The van der Waals surface area contributed by atoms with Crippen LogP contribution in [-0.2, 0) is 14.3 Å². The number of rotatable bonds is 6. The highest BCUT2D eigenvalue weighted by Gasteiger charge is 2.42. The number of fused-ring (bicyclic) bond motifs is 2. The molecule has 2 bridgehead atoms. The van der Waals surface area contributed by atoms with E-state index in [1.54, 1.807) is 0 Å². The monoisotopic (exact) mass is 242 g/mol. The average molecular weight is 242 g/mol. The lowest BCUT2D eigenvalue weighted by molar-refractivity contribution is -0.142. The Morgan fingerprint density at radius 2 is 2.24 bits per heavy atom. The Morgan fingerprint density at radius 1 is 1.41 bits per heavy atom. The summed E-state index contributed by atoms with van der Waals surface area (Å²) in [5, 5.41) is 14.5. The molecule has 2 heterocycles. The molecule has 2 aliphatic heterocycles. The van der Waals surface area contributed by atoms with Crippen molar-refractivity contribution in [2.24, 2.45) is 5.92 Å². The highest BCUT2D eigenvalue weighted by molar-refractivity contribution is 5.80. The predicted octanol–water partition coefficient (Wildman–Crippen LogP) is -0.656. The minimum atomic E-state index is -0.992. The van der Waals surface area contributed by atoms with Gasteiger partial charge in [0.2, 0.25) is 5.91 Å². The van der Waals surface area contributed by atoms with Crippen molar-refractivity contribution in [3.63, 3.8) is 0 Å². The number of carboxylic acid groups (broad SMARTS) is 1. The molecule has 2 rings (SSSR count). The van der Waals surface area contributed by atoms with Crippen LogP contribution in [0.1, 0.15) is 19.3 Å². The molecule has 0 radical (unpaired) electrons. The Labute approximate surface area is 99.7 Å². The second kappa shape index (κ2) is 5.46. The normalized spacial score (nSPS) is 30.5. The van der Waals surface area contributed by atoms with E-state index >= 15 is 0 Å². The van der Waals surface area contributed by atoms with Gasteiger partial charge in [-0.05, 0) is 19.3 Å². The minimum Gasteiger partial charge on any atom is -0.480 e. The van der Waals surface area contributed by atoms with E-state index in [1.807, 2.05) is 0 Å². The van der Waals surface area contributed by atoms with E-state index in [0.29, 0.717) is 18.6 Å². The summed E-state index contributed by atoms with van der Waals surface area (Å²) in [6.07, 6.45) is 3.18. The van der Waals surface area contributed by atoms with E-state index in [2.05, 4.69) is 10.6 Å². The molecule has 0 aliphatic carbocycles. The molecule has 3 atom stereocenters. The first-order valence-electron chi connectivity index (χ1n) is 6.00. The van der Waals surface area contributed by atoms with Crippen molar-refractivity contribution in [2.75, 3.05) is 19.8 Å². The fourth-order valence-electron chi connectivity index (χ4n) is 2.65. The minimum absolute atomic E-state index is 0.0589. The predicted molar refractivity (Wildman–Crippen MR) is 59.5 cm³/mol. The molecular formula is C11H18N2O4. The van der Waals surface area contributed by atoms with Crippen molar-refractivity contribution in [3.05, 3.63) is 0 Å². The average Bonchev–Trinajstić information content (AvgIpc) is 2.89. The van der Waals surface area contributed by atoms with E-state index in [1.165, 1.54) is 6.42 Å². The Kier molecular flexibility index (Phi) is 3.96. The van der Waals surface area contributed by atoms with Gasteiger partial charge >= 0.3 is 5.97 Å². The highest BCUT2D eigenvalue weighted by atomic mass is 16.5. The molecule has 1 amide bonds. The van der Waals surface area contributed by atoms with Crippen molar-refractivity contribution >= 4 is 11.9 Å². The summed E-state index contributed by atoms with van der Waals surface area (Å²) in [6, 6.07) is 0.846. The second-order valence-corrected chi connectivity index (χ2v) is 4.63. The fourth-order valence-corrected chi connectivity index (χ4v) is 2.65. The van der Waals surface area contributed by atoms with Crippen LogP contribution in [0.3, 0.4) is 0 Å². The molecule has 96 valence electrons. The standard InChI is InChI=1S/C11H18N2O4/c14-10(15)6-17-4-3-12-11(16)8-5-7-1-2-9(8)13-7/h7-9,13H,1-6H2,(H,12,16)(H,14,15). The number of carbonyl (C=O) groups is 2. The molecule has 0 aromatic heterocycles. The molecule has 0 aromatic rings. The zero-order chi connectivity index (χ0) is 12.3. The summed E-state index contributed by atoms with van der Waals surface area (Å²) in [6.45, 7) is 0.303. The molecule has 2 fully saturated rings. The number of carboxylic acids is 1. The second-order valence-electron chi connectivity index (χ2n) is 4.63. The van der Waals surface area contributed by atoms with Gasteiger partial charge in [0.25, 0.3) is 0 Å². The Bertz CT molecular complexity index is 308. The molecule has 17 heavy (non-hydrogen) atoms. The van der Waals surface area contributed by atoms with Crippen molar-refractivity contribution < 1.29 is 19.4 Å². The van der Waals surface area contributed by atoms with Gasteiger partial charge in [-0.1, -0.05) is 0 Å². The zero-order valence-corrected chi connectivity index (χ0v) is 9.65. The highest BCUT2D eigenvalue weighted by Crippen LogP contribution is 2.33. The van der Waals surface area contributed by atoms with Gasteiger partial charge in [0.1, 0.15) is 6.61 Å². The van der Waals surface area contributed by atoms with Crippen LogP contribution in [0.5, 0.6) is 0 Å². The topological polar surface area (TPSA) is 87.7 Å². The lowest BCUT2D eigenvalue weighted by Gasteiger charge is -2.19. The van der Waals surface area contributed by atoms with E-state index < -0.39 is 5.97 Å². The first-order valence-corrected chi connectivity index (χ1v) is 6.00. The lowest BCUT2D eigenvalue weighted by Crippen LogP contribution is -2.39. The molecule has 3 unspecified atom stereocenters. The third-order valence-electron chi connectivity index (χ3n) is 3.41. The van der Waals surface area contributed by atoms with Gasteiger partial charge < -0.3 is 20.5 Å². The van der Waals surface area contributed by atoms with Crippen LogP contribution >= 0.6 is 0 Å². The molecule has 2 aliphatic rings. The summed E-state index contributed by atoms with van der Waals surface area (Å²) < 4.78 is 4.84. The van der Waals surface area contributed by atoms with E-state index in [4.69, 9.17) is 9.84 Å². The number of carbonyl (C=O) groups excluding carboxylic acids is 1. The first-order chi connectivity index (χ1) is 8.16. The number of aliphatic carboxylic acids is 1. The van der Waals surface area contributed by atoms with E-state index in [0.717, 1.165) is 12.8 Å². The van der Waals surface area contributed by atoms with Crippen LogP contribution in [0.2, 0.25) is 0 Å². The summed E-state index contributed by atoms with van der Waals surface area (Å²) >= 11 is 0. The van der Waals surface area contributed by atoms with E-state index in [-0.39, 0.29) is 25.0 Å². The molecule has 0 spiro atoms. The largest absolute Gasteiger partial charge is 0.480 e. The van der Waals surface area contributed by atoms with Gasteiger partial charge in [-0.15, -0.1) is 0 Å². The zero-order valence-electron chi connectivity index (χ0n) is 9.65. The SMILES string of the molecule is O=C(O)COCCNC(=O)C1CC2CCC1N2. The maximum absolute atomic E-state index is 11.8. The van der Waals surface area contributed by atoms with Gasteiger partial charge in [0.05, 0.1) is 12.5 Å². The Hall–Kier alpha value is -1.14. The van der Waals surface area contributed by atoms with Gasteiger partial charge in [-0.2, -0.15) is 0 Å². The van der Waals surface area contributed by atoms with Crippen LogP contribution in [0, 0.1) is 5.92 Å². The van der Waals surface area contributed by atoms with Crippen LogP contribution in [0.4, 0.5) is 0 Å². The number of hydrogen-bond donors (Lipinski definition) is 3. The van der Waals surface area contributed by atoms with Crippen LogP contribution in [0.25, 0.3) is 0 Å². The number of hydrogen-bond acceptors (Lipinski definition) is 4. The maximum Gasteiger partial charge on any atom is 0.329 e. The summed E-state index contributed by atoms with van der Waals surface area (Å²) in [7, 11) is 0. The summed E-state index contributed by atoms with van der Waals surface area (Å²) in [5.41, 5.74) is 0. The summed E-state index contributed by atoms with van der Waals surface area (Å²) in [5.74, 6) is -0.856. The van der Waals surface area contributed by atoms with Crippen molar-refractivity contribution in [2.45, 2.75) is 31.3 Å². The number of nitrogens with one attached hydrogen (secondary N) is 2. The lowest BCUT2D eigenvalue weighted by atomic mass is 9.88. The molecule has 0 saturated carbocycles. The van der Waals surface area contributed by atoms with Crippen molar-refractivity contribution in [1.82, 2.24) is 10.6 Å². The number of amides is 1. The third-order valence-corrected chi connectivity index (χ3v) is 3.41. The van der Waals surface area contributed by atoms with Crippen molar-refractivity contribution in [3.8, 4) is 0 Å². The van der Waals surface area contributed by atoms with Gasteiger partial charge in [-0.3, -0.25) is 4.79 Å². The van der Waals surface area contributed by atoms with Crippen LogP contribution < -0.4 is 10.6 Å². The van der Waals surface area contributed by atoms with Crippen molar-refractivity contribution in [1.29, 1.82) is 0 Å². The number of ether oxygens (including phenoxy) is 1. The van der Waals surface area contributed by atoms with E-state index in [9.17, 15) is 9.59 Å². The van der Waals surface area contributed by atoms with Gasteiger partial charge in [-0.25, -0.2) is 4.79 Å². The Morgan fingerprint density at radius 3 is 2.82 bits per heavy atom. The van der Waals surface area contributed by atoms with Crippen LogP contribution in [-0.4, -0.2) is 48.8 Å². The first kappa shape index (κ1) is 12.3. The maximum atomic E-state index is 11.8. The Balaban J connectivity index is 1.60. The smallest absolute Gasteiger partial charge is 0.329 e. The van der Waals surface area contributed by atoms with Crippen LogP contribution in [0.15, 0.2) is 0 Å². The quantitative estimate of drug-likeness (QED) is 0.538. The molecule has 3 N–H and O–H groups in total. The fraction of sp³-hybridized carbons (Fsp3) is 0.818. The third kappa shape index (κ3) is 3.17. The van der Waals surface area contributed by atoms with Gasteiger partial charge in [0, 0.05) is 18.6 Å². The summed E-state index contributed by atoms with van der Waals surface area (Å²) in [4.78, 5) is 22.0. The molecule has 2 saturated heterocycles. The molecule has 0 aromatic carbocycles. The van der Waals surface area contributed by atoms with Gasteiger partial charge in [0.15, 0.2) is 0 Å².